The molecule has 2 aliphatic rings. The van der Waals surface area contributed by atoms with Crippen molar-refractivity contribution in [3.8, 4) is 0 Å². The van der Waals surface area contributed by atoms with Crippen molar-refractivity contribution in [3.05, 3.63) is 29.8 Å². The Morgan fingerprint density at radius 1 is 1.32 bits per heavy atom. The Hall–Kier alpha value is -2.89. The summed E-state index contributed by atoms with van der Waals surface area (Å²) in [5, 5.41) is 15.1. The van der Waals surface area contributed by atoms with Crippen LogP contribution < -0.4 is 10.2 Å². The van der Waals surface area contributed by atoms with Crippen LogP contribution in [-0.4, -0.2) is 61.8 Å². The number of hydrogen-bond donors (Lipinski definition) is 2. The average Bonchev–Trinajstić information content (AvgIpc) is 3.37. The number of carbonyl (C=O) groups is 1. The molecule has 2 aromatic heterocycles. The van der Waals surface area contributed by atoms with Gasteiger partial charge in [0.05, 0.1) is 23.4 Å². The minimum atomic E-state index is -5.08. The van der Waals surface area contributed by atoms with E-state index in [1.54, 1.807) is 6.33 Å². The zero-order valence-corrected chi connectivity index (χ0v) is 19.8. The van der Waals surface area contributed by atoms with Gasteiger partial charge >= 0.3 is 12.1 Å². The van der Waals surface area contributed by atoms with E-state index in [4.69, 9.17) is 14.6 Å². The second kappa shape index (κ2) is 10.2. The number of morpholine rings is 1. The number of hydrogen-bond acceptors (Lipinski definition) is 7. The second-order valence-corrected chi connectivity index (χ2v) is 8.95. The first-order valence-corrected chi connectivity index (χ1v) is 11.2. The standard InChI is InChI=1S/C20H30N6O.C2HF3O2/c1-14-11-26(12-20(27-14)8-5-6-9-20)19-15(2)18(21-13-22-19)23-16(3)17-7-10-25(4)24-17;3-2(4,5)1(6)7/h7,10,13-14,16H,5-6,8-9,11-12H2,1-4H3,(H,21,22,23);(H,6,7). The van der Waals surface area contributed by atoms with Crippen LogP contribution in [0.2, 0.25) is 0 Å². The van der Waals surface area contributed by atoms with E-state index in [1.165, 1.54) is 12.8 Å². The van der Waals surface area contributed by atoms with Crippen molar-refractivity contribution in [2.24, 2.45) is 7.05 Å². The number of alkyl halides is 3. The fraction of sp³-hybridized carbons (Fsp3) is 0.636. The predicted molar refractivity (Wildman–Crippen MR) is 120 cm³/mol. The molecule has 3 heterocycles. The zero-order chi connectivity index (χ0) is 25.1. The molecular weight excluding hydrogens is 453 g/mol. The van der Waals surface area contributed by atoms with Gasteiger partial charge in [0.2, 0.25) is 0 Å². The number of rotatable bonds is 4. The van der Waals surface area contributed by atoms with Gasteiger partial charge in [0.1, 0.15) is 18.0 Å². The molecule has 2 fully saturated rings. The summed E-state index contributed by atoms with van der Waals surface area (Å²) >= 11 is 0. The van der Waals surface area contributed by atoms with Gasteiger partial charge < -0.3 is 20.1 Å². The highest BCUT2D eigenvalue weighted by molar-refractivity contribution is 5.73. The number of ether oxygens (including phenoxy) is 1. The molecule has 34 heavy (non-hydrogen) atoms. The molecule has 188 valence electrons. The van der Waals surface area contributed by atoms with Gasteiger partial charge in [0.25, 0.3) is 0 Å². The summed E-state index contributed by atoms with van der Waals surface area (Å²) in [4.78, 5) is 20.4. The Morgan fingerprint density at radius 3 is 2.53 bits per heavy atom. The smallest absolute Gasteiger partial charge is 0.475 e. The lowest BCUT2D eigenvalue weighted by Gasteiger charge is -2.44. The van der Waals surface area contributed by atoms with Gasteiger partial charge in [-0.05, 0) is 39.7 Å². The summed E-state index contributed by atoms with van der Waals surface area (Å²) in [6.07, 6.45) is 3.59. The first-order chi connectivity index (χ1) is 15.9. The molecule has 4 rings (SSSR count). The molecule has 0 aromatic carbocycles. The van der Waals surface area contributed by atoms with Crippen molar-refractivity contribution in [1.29, 1.82) is 0 Å². The van der Waals surface area contributed by atoms with Gasteiger partial charge in [-0.1, -0.05) is 12.8 Å². The Kier molecular flexibility index (Phi) is 7.69. The number of aliphatic carboxylic acids is 1. The van der Waals surface area contributed by atoms with E-state index in [0.717, 1.165) is 48.8 Å². The molecule has 0 radical (unpaired) electrons. The summed E-state index contributed by atoms with van der Waals surface area (Å²) in [5.41, 5.74) is 2.09. The maximum absolute atomic E-state index is 10.6. The number of anilines is 2. The highest BCUT2D eigenvalue weighted by atomic mass is 19.4. The van der Waals surface area contributed by atoms with Crippen molar-refractivity contribution in [2.45, 2.75) is 70.4 Å². The van der Waals surface area contributed by atoms with E-state index in [1.807, 2.05) is 24.0 Å². The van der Waals surface area contributed by atoms with Crippen molar-refractivity contribution >= 4 is 17.6 Å². The van der Waals surface area contributed by atoms with Crippen molar-refractivity contribution in [3.63, 3.8) is 0 Å². The zero-order valence-electron chi connectivity index (χ0n) is 19.8. The maximum atomic E-state index is 10.6. The van der Waals surface area contributed by atoms with Crippen LogP contribution in [0.25, 0.3) is 0 Å². The summed E-state index contributed by atoms with van der Waals surface area (Å²) in [6, 6.07) is 2.11. The number of halogens is 3. The normalized spacial score (nSPS) is 20.6. The van der Waals surface area contributed by atoms with Gasteiger partial charge in [-0.3, -0.25) is 4.68 Å². The number of aryl methyl sites for hydroxylation is 1. The lowest BCUT2D eigenvalue weighted by Crippen LogP contribution is -2.54. The van der Waals surface area contributed by atoms with Gasteiger partial charge in [-0.15, -0.1) is 0 Å². The largest absolute Gasteiger partial charge is 0.490 e. The lowest BCUT2D eigenvalue weighted by molar-refractivity contribution is -0.192. The summed E-state index contributed by atoms with van der Waals surface area (Å²) < 4.78 is 39.9. The minimum Gasteiger partial charge on any atom is -0.475 e. The van der Waals surface area contributed by atoms with Crippen LogP contribution in [0.15, 0.2) is 18.6 Å². The highest BCUT2D eigenvalue weighted by Crippen LogP contribution is 2.39. The molecule has 1 saturated carbocycles. The van der Waals surface area contributed by atoms with Crippen LogP contribution in [0.5, 0.6) is 0 Å². The van der Waals surface area contributed by atoms with Crippen LogP contribution >= 0.6 is 0 Å². The molecule has 1 spiro atoms. The maximum Gasteiger partial charge on any atom is 0.490 e. The quantitative estimate of drug-likeness (QED) is 0.674. The molecule has 1 aliphatic heterocycles. The number of carboxylic acid groups (broad SMARTS) is 1. The molecule has 2 N–H and O–H groups in total. The fourth-order valence-corrected chi connectivity index (χ4v) is 4.53. The third-order valence-electron chi connectivity index (χ3n) is 6.05. The molecule has 2 aromatic rings. The van der Waals surface area contributed by atoms with Crippen LogP contribution in [0.4, 0.5) is 24.8 Å². The average molecular weight is 485 g/mol. The summed E-state index contributed by atoms with van der Waals surface area (Å²) in [6.45, 7) is 8.17. The van der Waals surface area contributed by atoms with Crippen LogP contribution in [0, 0.1) is 6.92 Å². The lowest BCUT2D eigenvalue weighted by atomic mass is 9.98. The van der Waals surface area contributed by atoms with E-state index in [9.17, 15) is 13.2 Å². The molecule has 9 nitrogen and oxygen atoms in total. The SMILES string of the molecule is Cc1c(NC(C)c2ccn(C)n2)ncnc1N1CC(C)OC2(CCCC2)C1.O=C(O)C(F)(F)F. The van der Waals surface area contributed by atoms with Crippen LogP contribution in [0.3, 0.4) is 0 Å². The monoisotopic (exact) mass is 484 g/mol. The van der Waals surface area contributed by atoms with Gasteiger partial charge in [-0.25, -0.2) is 14.8 Å². The highest BCUT2D eigenvalue weighted by Gasteiger charge is 2.42. The Balaban J connectivity index is 0.000000406. The van der Waals surface area contributed by atoms with Crippen molar-refractivity contribution in [1.82, 2.24) is 19.7 Å². The first kappa shape index (κ1) is 25.7. The number of carboxylic acids is 1. The summed E-state index contributed by atoms with van der Waals surface area (Å²) in [5.74, 6) is -0.868. The van der Waals surface area contributed by atoms with Crippen molar-refractivity contribution < 1.29 is 27.8 Å². The molecule has 2 atom stereocenters. The topological polar surface area (TPSA) is 105 Å². The van der Waals surface area contributed by atoms with Gasteiger partial charge in [0, 0.05) is 31.9 Å². The molecule has 1 aliphatic carbocycles. The Morgan fingerprint density at radius 2 is 1.97 bits per heavy atom. The molecule has 2 unspecified atom stereocenters. The third kappa shape index (κ3) is 6.16. The number of aromatic nitrogens is 4. The molecule has 12 heteroatoms. The van der Waals surface area contributed by atoms with Crippen LogP contribution in [0.1, 0.15) is 56.8 Å². The number of nitrogens with one attached hydrogen (secondary N) is 1. The minimum absolute atomic E-state index is 0.00387. The predicted octanol–water partition coefficient (Wildman–Crippen LogP) is 3.86. The molecule has 0 bridgehead atoms. The fourth-order valence-electron chi connectivity index (χ4n) is 4.53. The van der Waals surface area contributed by atoms with Gasteiger partial charge in [-0.2, -0.15) is 18.3 Å². The van der Waals surface area contributed by atoms with E-state index < -0.39 is 12.1 Å². The van der Waals surface area contributed by atoms with E-state index >= 15 is 0 Å². The van der Waals surface area contributed by atoms with Gasteiger partial charge in [0.15, 0.2) is 0 Å². The number of nitrogens with zero attached hydrogens (tertiary/aromatic N) is 5. The van der Waals surface area contributed by atoms with Crippen LogP contribution in [-0.2, 0) is 16.6 Å². The van der Waals surface area contributed by atoms with E-state index in [-0.39, 0.29) is 17.7 Å². The molecule has 1 saturated heterocycles. The molecular formula is C22H31F3N6O3. The van der Waals surface area contributed by atoms with E-state index in [0.29, 0.717) is 0 Å². The Labute approximate surface area is 196 Å². The molecule has 0 amide bonds. The second-order valence-electron chi connectivity index (χ2n) is 8.95. The van der Waals surface area contributed by atoms with E-state index in [2.05, 4.69) is 46.1 Å². The third-order valence-corrected chi connectivity index (χ3v) is 6.05. The Bertz CT molecular complexity index is 991. The summed E-state index contributed by atoms with van der Waals surface area (Å²) in [7, 11) is 1.93. The van der Waals surface area contributed by atoms with Crippen molar-refractivity contribution in [2.75, 3.05) is 23.3 Å². The first-order valence-electron chi connectivity index (χ1n) is 11.2.